The van der Waals surface area contributed by atoms with Gasteiger partial charge in [0.15, 0.2) is 0 Å². The minimum atomic E-state index is 0.305. The second kappa shape index (κ2) is 3.97. The van der Waals surface area contributed by atoms with E-state index in [2.05, 4.69) is 33.0 Å². The third-order valence-corrected chi connectivity index (χ3v) is 3.47. The van der Waals surface area contributed by atoms with Crippen LogP contribution < -0.4 is 11.1 Å². The Balaban J connectivity index is 2.02. The summed E-state index contributed by atoms with van der Waals surface area (Å²) in [4.78, 5) is 0. The molecule has 0 bridgehead atoms. The van der Waals surface area contributed by atoms with E-state index < -0.39 is 0 Å². The molecule has 1 aliphatic carbocycles. The van der Waals surface area contributed by atoms with E-state index in [4.69, 9.17) is 5.73 Å². The van der Waals surface area contributed by atoms with Crippen LogP contribution in [0.5, 0.6) is 0 Å². The van der Waals surface area contributed by atoms with Crippen LogP contribution in [-0.4, -0.2) is 19.1 Å². The van der Waals surface area contributed by atoms with Crippen molar-refractivity contribution in [1.29, 1.82) is 0 Å². The minimum absolute atomic E-state index is 0.305. The largest absolute Gasteiger partial charge is 0.328 e. The molecule has 3 atom stereocenters. The Morgan fingerprint density at radius 1 is 1.46 bits per heavy atom. The first kappa shape index (κ1) is 11.0. The highest BCUT2D eigenvalue weighted by molar-refractivity contribution is 4.96. The quantitative estimate of drug-likeness (QED) is 0.681. The van der Waals surface area contributed by atoms with Gasteiger partial charge in [0.2, 0.25) is 0 Å². The Hall–Kier alpha value is -0.0800. The minimum Gasteiger partial charge on any atom is -0.328 e. The topological polar surface area (TPSA) is 38.0 Å². The molecule has 2 heteroatoms. The van der Waals surface area contributed by atoms with Gasteiger partial charge in [-0.25, -0.2) is 0 Å². The monoisotopic (exact) mass is 184 g/mol. The van der Waals surface area contributed by atoms with E-state index >= 15 is 0 Å². The fourth-order valence-electron chi connectivity index (χ4n) is 1.60. The Kier molecular flexibility index (Phi) is 3.36. The summed E-state index contributed by atoms with van der Waals surface area (Å²) in [7, 11) is 0. The molecule has 0 radical (unpaired) electrons. The van der Waals surface area contributed by atoms with E-state index in [9.17, 15) is 0 Å². The van der Waals surface area contributed by atoms with Crippen molar-refractivity contribution < 1.29 is 0 Å². The molecule has 1 rings (SSSR count). The molecule has 0 saturated heterocycles. The first-order valence-electron chi connectivity index (χ1n) is 5.40. The van der Waals surface area contributed by atoms with E-state index in [-0.39, 0.29) is 0 Å². The van der Waals surface area contributed by atoms with Crippen molar-refractivity contribution in [1.82, 2.24) is 5.32 Å². The summed E-state index contributed by atoms with van der Waals surface area (Å²) < 4.78 is 0. The Morgan fingerprint density at radius 3 is 2.38 bits per heavy atom. The number of hydrogen-bond acceptors (Lipinski definition) is 2. The van der Waals surface area contributed by atoms with Crippen molar-refractivity contribution in [3.63, 3.8) is 0 Å². The SMILES string of the molecule is CC(N)C(C)CNCC1CC1(C)C. The highest BCUT2D eigenvalue weighted by Crippen LogP contribution is 2.50. The van der Waals surface area contributed by atoms with Crippen molar-refractivity contribution in [3.8, 4) is 0 Å². The summed E-state index contributed by atoms with van der Waals surface area (Å²) >= 11 is 0. The van der Waals surface area contributed by atoms with Gasteiger partial charge >= 0.3 is 0 Å². The van der Waals surface area contributed by atoms with Crippen LogP contribution in [0.3, 0.4) is 0 Å². The number of rotatable bonds is 5. The van der Waals surface area contributed by atoms with Gasteiger partial charge in [0.05, 0.1) is 0 Å². The molecule has 0 heterocycles. The summed E-state index contributed by atoms with van der Waals surface area (Å²) in [5, 5.41) is 3.50. The van der Waals surface area contributed by atoms with Crippen LogP contribution in [0.2, 0.25) is 0 Å². The zero-order valence-corrected chi connectivity index (χ0v) is 9.43. The molecule has 78 valence electrons. The van der Waals surface area contributed by atoms with Gasteiger partial charge in [0.25, 0.3) is 0 Å². The van der Waals surface area contributed by atoms with E-state index in [1.165, 1.54) is 13.0 Å². The molecule has 1 fully saturated rings. The zero-order valence-electron chi connectivity index (χ0n) is 9.43. The second-order valence-electron chi connectivity index (χ2n) is 5.38. The predicted molar refractivity (Wildman–Crippen MR) is 57.6 cm³/mol. The third-order valence-electron chi connectivity index (χ3n) is 3.47. The average Bonchev–Trinajstić information content (AvgIpc) is 2.58. The first-order chi connectivity index (χ1) is 5.93. The molecule has 3 N–H and O–H groups in total. The molecular weight excluding hydrogens is 160 g/mol. The number of nitrogens with one attached hydrogen (secondary N) is 1. The maximum Gasteiger partial charge on any atom is 0.00482 e. The summed E-state index contributed by atoms with van der Waals surface area (Å²) in [5.41, 5.74) is 6.38. The molecule has 1 aliphatic rings. The lowest BCUT2D eigenvalue weighted by atomic mass is 10.0. The highest BCUT2D eigenvalue weighted by Gasteiger charge is 2.44. The van der Waals surface area contributed by atoms with E-state index in [0.29, 0.717) is 17.4 Å². The normalized spacial score (nSPS) is 29.8. The van der Waals surface area contributed by atoms with Gasteiger partial charge in [-0.15, -0.1) is 0 Å². The molecule has 0 aliphatic heterocycles. The molecule has 1 saturated carbocycles. The molecule has 13 heavy (non-hydrogen) atoms. The zero-order chi connectivity index (χ0) is 10.1. The highest BCUT2D eigenvalue weighted by atomic mass is 14.9. The summed E-state index contributed by atoms with van der Waals surface area (Å²) in [5.74, 6) is 1.48. The molecule has 0 aromatic carbocycles. The molecule has 0 aromatic heterocycles. The summed E-state index contributed by atoms with van der Waals surface area (Å²) in [6.45, 7) is 11.2. The van der Waals surface area contributed by atoms with Crippen LogP contribution in [0.4, 0.5) is 0 Å². The first-order valence-corrected chi connectivity index (χ1v) is 5.40. The van der Waals surface area contributed by atoms with Crippen molar-refractivity contribution in [2.45, 2.75) is 40.2 Å². The Bertz CT molecular complexity index is 161. The third kappa shape index (κ3) is 3.28. The van der Waals surface area contributed by atoms with Gasteiger partial charge in [0.1, 0.15) is 0 Å². The van der Waals surface area contributed by atoms with Gasteiger partial charge in [-0.3, -0.25) is 0 Å². The van der Waals surface area contributed by atoms with Gasteiger partial charge in [-0.05, 0) is 43.7 Å². The van der Waals surface area contributed by atoms with Crippen molar-refractivity contribution in [2.75, 3.05) is 13.1 Å². The molecule has 0 amide bonds. The lowest BCUT2D eigenvalue weighted by Gasteiger charge is -2.16. The average molecular weight is 184 g/mol. The van der Waals surface area contributed by atoms with E-state index in [1.807, 2.05) is 0 Å². The molecular formula is C11H24N2. The van der Waals surface area contributed by atoms with Crippen molar-refractivity contribution in [2.24, 2.45) is 23.0 Å². The molecule has 0 aromatic rings. The van der Waals surface area contributed by atoms with Crippen molar-refractivity contribution in [3.05, 3.63) is 0 Å². The lowest BCUT2D eigenvalue weighted by Crippen LogP contribution is -2.34. The second-order valence-corrected chi connectivity index (χ2v) is 5.38. The molecule has 3 unspecified atom stereocenters. The standard InChI is InChI=1S/C11H24N2/c1-8(9(2)12)6-13-7-10-5-11(10,3)4/h8-10,13H,5-7,12H2,1-4H3. The van der Waals surface area contributed by atoms with Crippen LogP contribution in [0.15, 0.2) is 0 Å². The maximum atomic E-state index is 5.78. The van der Waals surface area contributed by atoms with Crippen LogP contribution in [0.1, 0.15) is 34.1 Å². The fraction of sp³-hybridized carbons (Fsp3) is 1.00. The Labute approximate surface area is 82.3 Å². The van der Waals surface area contributed by atoms with Crippen LogP contribution >= 0.6 is 0 Å². The lowest BCUT2D eigenvalue weighted by molar-refractivity contribution is 0.427. The molecule has 2 nitrogen and oxygen atoms in total. The molecule has 0 spiro atoms. The fourth-order valence-corrected chi connectivity index (χ4v) is 1.60. The van der Waals surface area contributed by atoms with Gasteiger partial charge in [0, 0.05) is 6.04 Å². The van der Waals surface area contributed by atoms with E-state index in [0.717, 1.165) is 12.5 Å². The van der Waals surface area contributed by atoms with E-state index in [1.54, 1.807) is 0 Å². The smallest absolute Gasteiger partial charge is 0.00482 e. The van der Waals surface area contributed by atoms with Gasteiger partial charge in [-0.1, -0.05) is 20.8 Å². The van der Waals surface area contributed by atoms with Gasteiger partial charge in [-0.2, -0.15) is 0 Å². The van der Waals surface area contributed by atoms with Crippen LogP contribution in [-0.2, 0) is 0 Å². The predicted octanol–water partition coefficient (Wildman–Crippen LogP) is 1.61. The Morgan fingerprint density at radius 2 is 2.00 bits per heavy atom. The summed E-state index contributed by atoms with van der Waals surface area (Å²) in [6.07, 6.45) is 1.38. The van der Waals surface area contributed by atoms with Crippen LogP contribution in [0.25, 0.3) is 0 Å². The van der Waals surface area contributed by atoms with Crippen LogP contribution in [0, 0.1) is 17.3 Å². The van der Waals surface area contributed by atoms with Crippen molar-refractivity contribution >= 4 is 0 Å². The maximum absolute atomic E-state index is 5.78. The number of nitrogens with two attached hydrogens (primary N) is 1. The summed E-state index contributed by atoms with van der Waals surface area (Å²) in [6, 6.07) is 0.305. The van der Waals surface area contributed by atoms with Gasteiger partial charge < -0.3 is 11.1 Å². The number of hydrogen-bond donors (Lipinski definition) is 2.